The van der Waals surface area contributed by atoms with Crippen molar-refractivity contribution in [1.29, 1.82) is 0 Å². The highest BCUT2D eigenvalue weighted by atomic mass is 16.4. The monoisotopic (exact) mass is 371 g/mol. The van der Waals surface area contributed by atoms with Crippen molar-refractivity contribution in [2.45, 2.75) is 19.1 Å². The lowest BCUT2D eigenvalue weighted by atomic mass is 10.0. The van der Waals surface area contributed by atoms with Crippen LogP contribution in [0.15, 0.2) is 54.6 Å². The number of nitrogens with zero attached hydrogens (tertiary/aromatic N) is 1. The van der Waals surface area contributed by atoms with E-state index in [0.29, 0.717) is 0 Å². The summed E-state index contributed by atoms with van der Waals surface area (Å²) in [5.41, 5.74) is 0.679. The summed E-state index contributed by atoms with van der Waals surface area (Å²) in [7, 11) is 0. The van der Waals surface area contributed by atoms with Gasteiger partial charge in [-0.15, -0.1) is 0 Å². The quantitative estimate of drug-likeness (QED) is 0.574. The van der Waals surface area contributed by atoms with Gasteiger partial charge in [0.1, 0.15) is 0 Å². The van der Waals surface area contributed by atoms with E-state index in [1.54, 1.807) is 0 Å². The third-order valence-electron chi connectivity index (χ3n) is 4.07. The molecule has 142 valence electrons. The maximum atomic E-state index is 11.6. The summed E-state index contributed by atoms with van der Waals surface area (Å²) < 4.78 is 0. The molecule has 0 amide bonds. The van der Waals surface area contributed by atoms with E-state index < -0.39 is 29.9 Å². The van der Waals surface area contributed by atoms with Gasteiger partial charge in [-0.25, -0.2) is 9.59 Å². The molecule has 2 aromatic carbocycles. The maximum Gasteiger partial charge on any atom is 0.373 e. The van der Waals surface area contributed by atoms with Crippen LogP contribution in [-0.2, 0) is 20.9 Å². The molecule has 0 fully saturated rings. The van der Waals surface area contributed by atoms with E-state index in [-0.39, 0.29) is 13.1 Å². The van der Waals surface area contributed by atoms with Crippen LogP contribution < -0.4 is 0 Å². The van der Waals surface area contributed by atoms with E-state index >= 15 is 0 Å². The summed E-state index contributed by atoms with van der Waals surface area (Å²) in [4.78, 5) is 34.9. The van der Waals surface area contributed by atoms with Gasteiger partial charge in [-0.3, -0.25) is 9.69 Å². The molecule has 27 heavy (non-hydrogen) atoms. The van der Waals surface area contributed by atoms with Crippen molar-refractivity contribution in [2.75, 3.05) is 13.1 Å². The summed E-state index contributed by atoms with van der Waals surface area (Å²) in [5.74, 6) is -4.12. The molecule has 2 aromatic rings. The van der Waals surface area contributed by atoms with Gasteiger partial charge in [0.25, 0.3) is 5.78 Å². The van der Waals surface area contributed by atoms with Crippen molar-refractivity contribution in [1.82, 2.24) is 4.90 Å². The third kappa shape index (κ3) is 5.73. The standard InChI is InChI=1S/C20H21NO6/c1-20(27,19(25)26)13-21(12-17(22)18(23)24)11-14-7-9-16(10-8-14)15-5-3-2-4-6-15/h2-10,27H,11-13H2,1H3,(H,23,24)(H,25,26). The molecule has 2 rings (SSSR count). The van der Waals surface area contributed by atoms with Gasteiger partial charge < -0.3 is 15.3 Å². The normalized spacial score (nSPS) is 13.1. The first kappa shape index (κ1) is 20.3. The highest BCUT2D eigenvalue weighted by Crippen LogP contribution is 2.20. The highest BCUT2D eigenvalue weighted by molar-refractivity contribution is 6.33. The zero-order chi connectivity index (χ0) is 20.0. The van der Waals surface area contributed by atoms with E-state index in [1.807, 2.05) is 54.6 Å². The van der Waals surface area contributed by atoms with Crippen LogP contribution in [0, 0.1) is 0 Å². The van der Waals surface area contributed by atoms with Gasteiger partial charge in [0, 0.05) is 13.1 Å². The SMILES string of the molecule is CC(O)(CN(CC(=O)C(=O)O)Cc1ccc(-c2ccccc2)cc1)C(=O)O. The van der Waals surface area contributed by atoms with Crippen LogP contribution in [0.2, 0.25) is 0 Å². The number of ketones is 1. The fourth-order valence-corrected chi connectivity index (χ4v) is 2.63. The number of carboxylic acids is 2. The third-order valence-corrected chi connectivity index (χ3v) is 4.07. The van der Waals surface area contributed by atoms with Crippen LogP contribution in [0.4, 0.5) is 0 Å². The first-order valence-corrected chi connectivity index (χ1v) is 8.27. The molecule has 7 heteroatoms. The number of hydrogen-bond acceptors (Lipinski definition) is 5. The Kier molecular flexibility index (Phi) is 6.44. The molecule has 0 aliphatic rings. The molecule has 0 spiro atoms. The minimum Gasteiger partial charge on any atom is -0.479 e. The number of Topliss-reactive ketones (excluding diaryl/α,β-unsaturated/α-hetero) is 1. The Morgan fingerprint density at radius 3 is 2.00 bits per heavy atom. The van der Waals surface area contributed by atoms with E-state index in [1.165, 1.54) is 4.90 Å². The topological polar surface area (TPSA) is 115 Å². The lowest BCUT2D eigenvalue weighted by Crippen LogP contribution is -2.48. The maximum absolute atomic E-state index is 11.6. The van der Waals surface area contributed by atoms with Gasteiger partial charge in [0.2, 0.25) is 0 Å². The average Bonchev–Trinajstić information content (AvgIpc) is 2.62. The van der Waals surface area contributed by atoms with Crippen LogP contribution in [-0.4, -0.2) is 56.6 Å². The molecule has 0 bridgehead atoms. The Morgan fingerprint density at radius 1 is 0.926 bits per heavy atom. The summed E-state index contributed by atoms with van der Waals surface area (Å²) in [6.07, 6.45) is 0. The summed E-state index contributed by atoms with van der Waals surface area (Å²) in [5, 5.41) is 27.9. The zero-order valence-electron chi connectivity index (χ0n) is 14.8. The smallest absolute Gasteiger partial charge is 0.373 e. The Hall–Kier alpha value is -3.03. The molecule has 0 aliphatic heterocycles. The largest absolute Gasteiger partial charge is 0.479 e. The molecule has 0 saturated heterocycles. The molecule has 1 unspecified atom stereocenters. The van der Waals surface area contributed by atoms with Crippen molar-refractivity contribution in [3.8, 4) is 11.1 Å². The molecule has 3 N–H and O–H groups in total. The lowest BCUT2D eigenvalue weighted by Gasteiger charge is -2.28. The van der Waals surface area contributed by atoms with E-state index in [2.05, 4.69) is 0 Å². The molecule has 0 radical (unpaired) electrons. The fourth-order valence-electron chi connectivity index (χ4n) is 2.63. The van der Waals surface area contributed by atoms with Crippen molar-refractivity contribution < 1.29 is 29.7 Å². The summed E-state index contributed by atoms with van der Waals surface area (Å²) >= 11 is 0. The van der Waals surface area contributed by atoms with Gasteiger partial charge >= 0.3 is 11.9 Å². The molecule has 7 nitrogen and oxygen atoms in total. The molecule has 0 saturated carbocycles. The molecular formula is C20H21NO6. The molecule has 0 aliphatic carbocycles. The van der Waals surface area contributed by atoms with Gasteiger partial charge in [0.15, 0.2) is 5.60 Å². The lowest BCUT2D eigenvalue weighted by molar-refractivity contribution is -0.159. The average molecular weight is 371 g/mol. The van der Waals surface area contributed by atoms with Crippen molar-refractivity contribution in [3.05, 3.63) is 60.2 Å². The Labute approximate surface area is 156 Å². The van der Waals surface area contributed by atoms with Crippen LogP contribution in [0.5, 0.6) is 0 Å². The molecule has 0 heterocycles. The first-order chi connectivity index (χ1) is 12.7. The minimum absolute atomic E-state index is 0.123. The second-order valence-corrected chi connectivity index (χ2v) is 6.52. The predicted octanol–water partition coefficient (Wildman–Crippen LogP) is 1.64. The zero-order valence-corrected chi connectivity index (χ0v) is 14.8. The number of carboxylic acid groups (broad SMARTS) is 2. The van der Waals surface area contributed by atoms with Crippen molar-refractivity contribution >= 4 is 17.7 Å². The fraction of sp³-hybridized carbons (Fsp3) is 0.250. The Balaban J connectivity index is 2.17. The Morgan fingerprint density at radius 2 is 1.48 bits per heavy atom. The summed E-state index contributed by atoms with van der Waals surface area (Å²) in [6.45, 7) is 0.338. The van der Waals surface area contributed by atoms with Gasteiger partial charge in [-0.2, -0.15) is 0 Å². The predicted molar refractivity (Wildman–Crippen MR) is 98.1 cm³/mol. The van der Waals surface area contributed by atoms with Gasteiger partial charge in [-0.1, -0.05) is 54.6 Å². The number of aliphatic hydroxyl groups is 1. The van der Waals surface area contributed by atoms with E-state index in [9.17, 15) is 19.5 Å². The molecule has 0 aromatic heterocycles. The number of carbonyl (C=O) groups excluding carboxylic acids is 1. The van der Waals surface area contributed by atoms with Crippen LogP contribution in [0.1, 0.15) is 12.5 Å². The van der Waals surface area contributed by atoms with Gasteiger partial charge in [0.05, 0.1) is 6.54 Å². The van der Waals surface area contributed by atoms with Crippen LogP contribution in [0.3, 0.4) is 0 Å². The number of benzene rings is 2. The number of aliphatic carboxylic acids is 2. The number of hydrogen-bond donors (Lipinski definition) is 3. The van der Waals surface area contributed by atoms with Crippen LogP contribution >= 0.6 is 0 Å². The van der Waals surface area contributed by atoms with Gasteiger partial charge in [-0.05, 0) is 23.6 Å². The Bertz CT molecular complexity index is 814. The number of carbonyl (C=O) groups is 3. The second kappa shape index (κ2) is 8.57. The molecular weight excluding hydrogens is 350 g/mol. The minimum atomic E-state index is -2.11. The molecule has 1 atom stereocenters. The van der Waals surface area contributed by atoms with Crippen molar-refractivity contribution in [2.24, 2.45) is 0 Å². The number of rotatable bonds is 9. The first-order valence-electron chi connectivity index (χ1n) is 8.27. The van der Waals surface area contributed by atoms with E-state index in [4.69, 9.17) is 10.2 Å². The second-order valence-electron chi connectivity index (χ2n) is 6.52. The van der Waals surface area contributed by atoms with Crippen LogP contribution in [0.25, 0.3) is 11.1 Å². The highest BCUT2D eigenvalue weighted by Gasteiger charge is 2.33. The van der Waals surface area contributed by atoms with Crippen molar-refractivity contribution in [3.63, 3.8) is 0 Å². The summed E-state index contributed by atoms with van der Waals surface area (Å²) in [6, 6.07) is 17.1. The van der Waals surface area contributed by atoms with E-state index in [0.717, 1.165) is 23.6 Å².